The third-order valence-corrected chi connectivity index (χ3v) is 4.52. The third kappa shape index (κ3) is 3.25. The molecule has 0 aliphatic carbocycles. The molecule has 1 aliphatic heterocycles. The summed E-state index contributed by atoms with van der Waals surface area (Å²) in [6, 6.07) is 7.52. The van der Waals surface area contributed by atoms with Gasteiger partial charge in [0.2, 0.25) is 5.91 Å². The minimum atomic E-state index is -0.0454. The maximum Gasteiger partial charge on any atom is 0.261 e. The summed E-state index contributed by atoms with van der Waals surface area (Å²) in [5.74, 6) is 0.570. The molecule has 3 rings (SSSR count). The molecule has 0 radical (unpaired) electrons. The number of rotatable bonds is 5. The summed E-state index contributed by atoms with van der Waals surface area (Å²) in [5, 5.41) is 0.620. The molecular formula is C19H23N3O2. The molecule has 0 unspecified atom stereocenters. The van der Waals surface area contributed by atoms with Gasteiger partial charge in [0.1, 0.15) is 0 Å². The molecular weight excluding hydrogens is 302 g/mol. The number of benzene rings is 1. The van der Waals surface area contributed by atoms with Crippen molar-refractivity contribution in [3.8, 4) is 0 Å². The fourth-order valence-electron chi connectivity index (χ4n) is 3.20. The first-order valence-electron chi connectivity index (χ1n) is 8.48. The summed E-state index contributed by atoms with van der Waals surface area (Å²) in [6.45, 7) is 5.46. The standard InChI is InChI=1S/C19H23N3O2/c1-14(2)17-9-5-12-22(17)18(23)10-6-11-21-13-20-16-8-4-3-7-15(16)19(21)24/h3-5,7-9,13-14,17H,6,10-12H2,1-2H3/t17-/m0/s1. The highest BCUT2D eigenvalue weighted by molar-refractivity contribution is 5.78. The molecule has 1 aromatic carbocycles. The van der Waals surface area contributed by atoms with E-state index in [0.717, 1.165) is 0 Å². The predicted molar refractivity (Wildman–Crippen MR) is 94.7 cm³/mol. The lowest BCUT2D eigenvalue weighted by Crippen LogP contribution is -2.39. The fraction of sp³-hybridized carbons (Fsp3) is 0.421. The molecule has 1 aromatic heterocycles. The van der Waals surface area contributed by atoms with Gasteiger partial charge in [-0.05, 0) is 24.5 Å². The SMILES string of the molecule is CC(C)[C@@H]1C=CCN1C(=O)CCCn1cnc2ccccc2c1=O. The fourth-order valence-corrected chi connectivity index (χ4v) is 3.20. The summed E-state index contributed by atoms with van der Waals surface area (Å²) >= 11 is 0. The van der Waals surface area contributed by atoms with Crippen LogP contribution in [0.25, 0.3) is 10.9 Å². The highest BCUT2D eigenvalue weighted by Gasteiger charge is 2.26. The first-order chi connectivity index (χ1) is 11.6. The Labute approximate surface area is 141 Å². The summed E-state index contributed by atoms with van der Waals surface area (Å²) in [5.41, 5.74) is 0.661. The molecule has 0 saturated carbocycles. The number of hydrogen-bond donors (Lipinski definition) is 0. The van der Waals surface area contributed by atoms with Gasteiger partial charge in [0.05, 0.1) is 23.3 Å². The van der Waals surface area contributed by atoms with Crippen LogP contribution in [0.2, 0.25) is 0 Å². The number of nitrogens with zero attached hydrogens (tertiary/aromatic N) is 3. The molecule has 0 fully saturated rings. The van der Waals surface area contributed by atoms with Crippen molar-refractivity contribution in [3.05, 3.63) is 53.1 Å². The van der Waals surface area contributed by atoms with Crippen LogP contribution in [0.1, 0.15) is 26.7 Å². The smallest absolute Gasteiger partial charge is 0.261 e. The van der Waals surface area contributed by atoms with E-state index in [1.165, 1.54) is 0 Å². The van der Waals surface area contributed by atoms with Crippen molar-refractivity contribution in [2.24, 2.45) is 5.92 Å². The Morgan fingerprint density at radius 2 is 2.12 bits per heavy atom. The maximum atomic E-state index is 12.4. The van der Waals surface area contributed by atoms with Crippen LogP contribution in [0.3, 0.4) is 0 Å². The van der Waals surface area contributed by atoms with E-state index in [1.807, 2.05) is 23.1 Å². The second kappa shape index (κ2) is 6.99. The highest BCUT2D eigenvalue weighted by Crippen LogP contribution is 2.19. The van der Waals surface area contributed by atoms with Gasteiger partial charge in [-0.15, -0.1) is 0 Å². The van der Waals surface area contributed by atoms with Crippen LogP contribution < -0.4 is 5.56 Å². The third-order valence-electron chi connectivity index (χ3n) is 4.52. The number of fused-ring (bicyclic) bond motifs is 1. The molecule has 2 aromatic rings. The predicted octanol–water partition coefficient (Wildman–Crippen LogP) is 2.60. The van der Waals surface area contributed by atoms with Crippen LogP contribution >= 0.6 is 0 Å². The lowest BCUT2D eigenvalue weighted by Gasteiger charge is -2.27. The summed E-state index contributed by atoms with van der Waals surface area (Å²) < 4.78 is 1.60. The Balaban J connectivity index is 1.62. The van der Waals surface area contributed by atoms with Gasteiger partial charge >= 0.3 is 0 Å². The Bertz CT molecular complexity index is 823. The Morgan fingerprint density at radius 3 is 2.92 bits per heavy atom. The van der Waals surface area contributed by atoms with Crippen molar-refractivity contribution < 1.29 is 4.79 Å². The summed E-state index contributed by atoms with van der Waals surface area (Å²) in [7, 11) is 0. The van der Waals surface area contributed by atoms with Crippen molar-refractivity contribution >= 4 is 16.8 Å². The Morgan fingerprint density at radius 1 is 1.33 bits per heavy atom. The topological polar surface area (TPSA) is 55.2 Å². The number of hydrogen-bond acceptors (Lipinski definition) is 3. The van der Waals surface area contributed by atoms with Gasteiger partial charge in [0.15, 0.2) is 0 Å². The number of aromatic nitrogens is 2. The van der Waals surface area contributed by atoms with Crippen LogP contribution in [0.5, 0.6) is 0 Å². The number of para-hydroxylation sites is 1. The summed E-state index contributed by atoms with van der Waals surface area (Å²) in [4.78, 5) is 31.1. The average Bonchev–Trinajstić information content (AvgIpc) is 3.07. The van der Waals surface area contributed by atoms with Crippen LogP contribution in [-0.2, 0) is 11.3 Å². The van der Waals surface area contributed by atoms with Crippen LogP contribution in [0.4, 0.5) is 0 Å². The number of amides is 1. The van der Waals surface area contributed by atoms with Crippen molar-refractivity contribution in [3.63, 3.8) is 0 Å². The van der Waals surface area contributed by atoms with E-state index in [-0.39, 0.29) is 17.5 Å². The van der Waals surface area contributed by atoms with E-state index in [0.29, 0.717) is 42.8 Å². The summed E-state index contributed by atoms with van der Waals surface area (Å²) in [6.07, 6.45) is 6.83. The molecule has 0 bridgehead atoms. The average molecular weight is 325 g/mol. The van der Waals surface area contributed by atoms with Gasteiger partial charge in [-0.2, -0.15) is 0 Å². The van der Waals surface area contributed by atoms with Gasteiger partial charge in [-0.3, -0.25) is 14.2 Å². The minimum Gasteiger partial charge on any atom is -0.332 e. The van der Waals surface area contributed by atoms with E-state index < -0.39 is 0 Å². The molecule has 1 amide bonds. The largest absolute Gasteiger partial charge is 0.332 e. The van der Waals surface area contributed by atoms with Crippen LogP contribution in [0, 0.1) is 5.92 Å². The zero-order valence-corrected chi connectivity index (χ0v) is 14.2. The first-order valence-corrected chi connectivity index (χ1v) is 8.48. The van der Waals surface area contributed by atoms with E-state index in [9.17, 15) is 9.59 Å². The van der Waals surface area contributed by atoms with Crippen LogP contribution in [0.15, 0.2) is 47.5 Å². The normalized spacial score (nSPS) is 17.1. The first kappa shape index (κ1) is 16.4. The van der Waals surface area contributed by atoms with E-state index in [1.54, 1.807) is 17.0 Å². The minimum absolute atomic E-state index is 0.0454. The highest BCUT2D eigenvalue weighted by atomic mass is 16.2. The molecule has 5 heteroatoms. The Kier molecular flexibility index (Phi) is 4.79. The maximum absolute atomic E-state index is 12.4. The monoisotopic (exact) mass is 325 g/mol. The molecule has 0 N–H and O–H groups in total. The van der Waals surface area contributed by atoms with E-state index >= 15 is 0 Å². The molecule has 126 valence electrons. The lowest BCUT2D eigenvalue weighted by molar-refractivity contribution is -0.132. The quantitative estimate of drug-likeness (QED) is 0.794. The van der Waals surface area contributed by atoms with Crippen molar-refractivity contribution in [2.45, 2.75) is 39.3 Å². The van der Waals surface area contributed by atoms with Crippen molar-refractivity contribution in [1.82, 2.24) is 14.5 Å². The molecule has 1 aliphatic rings. The number of aryl methyl sites for hydroxylation is 1. The van der Waals surface area contributed by atoms with Crippen molar-refractivity contribution in [1.29, 1.82) is 0 Å². The van der Waals surface area contributed by atoms with E-state index in [4.69, 9.17) is 0 Å². The lowest BCUT2D eigenvalue weighted by atomic mass is 10.0. The molecule has 0 spiro atoms. The molecule has 5 nitrogen and oxygen atoms in total. The van der Waals surface area contributed by atoms with Gasteiger partial charge < -0.3 is 4.90 Å². The molecule has 2 heterocycles. The number of carbonyl (C=O) groups excluding carboxylic acids is 1. The molecule has 24 heavy (non-hydrogen) atoms. The van der Waals surface area contributed by atoms with E-state index in [2.05, 4.69) is 31.0 Å². The van der Waals surface area contributed by atoms with Crippen LogP contribution in [-0.4, -0.2) is 32.9 Å². The molecule has 0 saturated heterocycles. The van der Waals surface area contributed by atoms with Gasteiger partial charge in [0, 0.05) is 19.5 Å². The van der Waals surface area contributed by atoms with Crippen molar-refractivity contribution in [2.75, 3.05) is 6.54 Å². The zero-order valence-electron chi connectivity index (χ0n) is 14.2. The van der Waals surface area contributed by atoms with Gasteiger partial charge in [-0.25, -0.2) is 4.98 Å². The molecule has 1 atom stereocenters. The van der Waals surface area contributed by atoms with Gasteiger partial charge in [0.25, 0.3) is 5.56 Å². The number of carbonyl (C=O) groups is 1. The van der Waals surface area contributed by atoms with Gasteiger partial charge in [-0.1, -0.05) is 38.1 Å². The zero-order chi connectivity index (χ0) is 17.1. The second-order valence-electron chi connectivity index (χ2n) is 6.57. The Hall–Kier alpha value is -2.43. The second-order valence-corrected chi connectivity index (χ2v) is 6.57.